The van der Waals surface area contributed by atoms with E-state index in [4.69, 9.17) is 9.84 Å². The highest BCUT2D eigenvalue weighted by Crippen LogP contribution is 2.19. The van der Waals surface area contributed by atoms with Crippen molar-refractivity contribution in [3.05, 3.63) is 28.7 Å². The summed E-state index contributed by atoms with van der Waals surface area (Å²) < 4.78 is 31.4. The molecule has 20 heavy (non-hydrogen) atoms. The van der Waals surface area contributed by atoms with E-state index in [1.165, 1.54) is 22.8 Å². The van der Waals surface area contributed by atoms with Gasteiger partial charge in [-0.1, -0.05) is 0 Å². The van der Waals surface area contributed by atoms with Crippen molar-refractivity contribution in [1.82, 2.24) is 9.29 Å². The van der Waals surface area contributed by atoms with Gasteiger partial charge < -0.3 is 14.8 Å². The number of ether oxygens (including phenoxy) is 1. The summed E-state index contributed by atoms with van der Waals surface area (Å²) >= 11 is 0. The van der Waals surface area contributed by atoms with Crippen LogP contribution in [0.2, 0.25) is 0 Å². The number of nitrogens with one attached hydrogen (secondary N) is 1. The molecule has 0 amide bonds. The van der Waals surface area contributed by atoms with Crippen molar-refractivity contribution in [2.24, 2.45) is 0 Å². The number of piperidine rings is 1. The van der Waals surface area contributed by atoms with Crippen molar-refractivity contribution in [2.75, 3.05) is 26.3 Å². The zero-order valence-electron chi connectivity index (χ0n) is 11.0. The number of pyridine rings is 1. The standard InChI is InChI=1S/C12H18N2O5S/c15-7-8-19-10-2-5-14(6-3-10)20(17,18)12-9-13-4-1-11(12)16/h1,4,9-10,15H,2-3,5-8H2,(H,13,16). The summed E-state index contributed by atoms with van der Waals surface area (Å²) in [5.74, 6) is 0. The first-order valence-electron chi connectivity index (χ1n) is 6.45. The monoisotopic (exact) mass is 302 g/mol. The van der Waals surface area contributed by atoms with Gasteiger partial charge in [-0.2, -0.15) is 4.31 Å². The van der Waals surface area contributed by atoms with Crippen LogP contribution in [0, 0.1) is 0 Å². The lowest BCUT2D eigenvalue weighted by Gasteiger charge is -2.30. The largest absolute Gasteiger partial charge is 0.394 e. The lowest BCUT2D eigenvalue weighted by molar-refractivity contribution is 0.00318. The van der Waals surface area contributed by atoms with Gasteiger partial charge in [0.2, 0.25) is 15.5 Å². The van der Waals surface area contributed by atoms with Crippen LogP contribution < -0.4 is 5.43 Å². The zero-order valence-corrected chi connectivity index (χ0v) is 11.8. The average molecular weight is 302 g/mol. The van der Waals surface area contributed by atoms with E-state index < -0.39 is 15.5 Å². The third-order valence-corrected chi connectivity index (χ3v) is 5.17. The molecule has 1 aromatic heterocycles. The van der Waals surface area contributed by atoms with Crippen molar-refractivity contribution in [3.63, 3.8) is 0 Å². The maximum Gasteiger partial charge on any atom is 0.248 e. The van der Waals surface area contributed by atoms with Crippen molar-refractivity contribution in [3.8, 4) is 0 Å². The highest BCUT2D eigenvalue weighted by Gasteiger charge is 2.31. The van der Waals surface area contributed by atoms with E-state index in [2.05, 4.69) is 4.98 Å². The second kappa shape index (κ2) is 6.49. The van der Waals surface area contributed by atoms with E-state index in [9.17, 15) is 13.2 Å². The molecule has 2 rings (SSSR count). The van der Waals surface area contributed by atoms with Gasteiger partial charge >= 0.3 is 0 Å². The Morgan fingerprint density at radius 2 is 2.10 bits per heavy atom. The molecule has 2 N–H and O–H groups in total. The lowest BCUT2D eigenvalue weighted by Crippen LogP contribution is -2.42. The summed E-state index contributed by atoms with van der Waals surface area (Å²) in [6.07, 6.45) is 3.69. The Bertz CT molecular complexity index is 590. The van der Waals surface area contributed by atoms with E-state index >= 15 is 0 Å². The Kier molecular flexibility index (Phi) is 4.92. The molecule has 1 aromatic rings. The van der Waals surface area contributed by atoms with Crippen LogP contribution in [0.1, 0.15) is 12.8 Å². The van der Waals surface area contributed by atoms with E-state index in [-0.39, 0.29) is 24.2 Å². The molecule has 8 heteroatoms. The average Bonchev–Trinajstić information content (AvgIpc) is 2.46. The summed E-state index contributed by atoms with van der Waals surface area (Å²) in [4.78, 5) is 14.0. The first-order chi connectivity index (χ1) is 9.55. The Morgan fingerprint density at radius 3 is 2.70 bits per heavy atom. The normalized spacial score (nSPS) is 18.2. The van der Waals surface area contributed by atoms with Crippen LogP contribution in [0.5, 0.6) is 0 Å². The number of rotatable bonds is 5. The highest BCUT2D eigenvalue weighted by atomic mass is 32.2. The maximum absolute atomic E-state index is 12.4. The number of aromatic nitrogens is 1. The van der Waals surface area contributed by atoms with Crippen molar-refractivity contribution < 1.29 is 18.3 Å². The maximum atomic E-state index is 12.4. The van der Waals surface area contributed by atoms with Gasteiger partial charge in [0.05, 0.1) is 19.3 Å². The van der Waals surface area contributed by atoms with Gasteiger partial charge in [-0.05, 0) is 12.8 Å². The van der Waals surface area contributed by atoms with E-state index in [0.29, 0.717) is 25.9 Å². The molecule has 112 valence electrons. The Balaban J connectivity index is 2.06. The van der Waals surface area contributed by atoms with E-state index in [1.807, 2.05) is 0 Å². The molecule has 2 heterocycles. The zero-order chi connectivity index (χ0) is 14.6. The highest BCUT2D eigenvalue weighted by molar-refractivity contribution is 7.89. The molecule has 1 aliphatic heterocycles. The van der Waals surface area contributed by atoms with Gasteiger partial charge in [-0.3, -0.25) is 4.79 Å². The fourth-order valence-corrected chi connectivity index (χ4v) is 3.71. The summed E-state index contributed by atoms with van der Waals surface area (Å²) in [6, 6.07) is 1.20. The first kappa shape index (κ1) is 15.2. The third-order valence-electron chi connectivity index (χ3n) is 3.25. The van der Waals surface area contributed by atoms with E-state index in [0.717, 1.165) is 0 Å². The summed E-state index contributed by atoms with van der Waals surface area (Å²) in [5, 5.41) is 8.69. The van der Waals surface area contributed by atoms with Gasteiger partial charge in [0.1, 0.15) is 4.90 Å². The van der Waals surface area contributed by atoms with Crippen LogP contribution in [-0.2, 0) is 14.8 Å². The van der Waals surface area contributed by atoms with Crippen molar-refractivity contribution in [2.45, 2.75) is 23.8 Å². The van der Waals surface area contributed by atoms with Crippen LogP contribution in [0.25, 0.3) is 0 Å². The topological polar surface area (TPSA) is 99.7 Å². The van der Waals surface area contributed by atoms with Gasteiger partial charge in [0, 0.05) is 31.5 Å². The number of aromatic amines is 1. The molecule has 0 spiro atoms. The van der Waals surface area contributed by atoms with E-state index in [1.54, 1.807) is 0 Å². The number of hydrogen-bond donors (Lipinski definition) is 2. The number of H-pyrrole nitrogens is 1. The quantitative estimate of drug-likeness (QED) is 0.766. The van der Waals surface area contributed by atoms with Crippen LogP contribution in [0.3, 0.4) is 0 Å². The minimum atomic E-state index is -3.75. The molecule has 0 aliphatic carbocycles. The molecule has 0 unspecified atom stereocenters. The second-order valence-corrected chi connectivity index (χ2v) is 6.48. The number of hydrogen-bond acceptors (Lipinski definition) is 5. The SMILES string of the molecule is O=c1cc[nH]cc1S(=O)(=O)N1CCC(OCCO)CC1. The van der Waals surface area contributed by atoms with Gasteiger partial charge in [-0.15, -0.1) is 0 Å². The smallest absolute Gasteiger partial charge is 0.248 e. The minimum absolute atomic E-state index is 0.0392. The predicted octanol–water partition coefficient (Wildman–Crippen LogP) is -0.463. The summed E-state index contributed by atoms with van der Waals surface area (Å²) in [5.41, 5.74) is -0.512. The first-order valence-corrected chi connectivity index (χ1v) is 7.89. The molecule has 0 bridgehead atoms. The fourth-order valence-electron chi connectivity index (χ4n) is 2.20. The molecule has 7 nitrogen and oxygen atoms in total. The van der Waals surface area contributed by atoms with Crippen LogP contribution in [0.4, 0.5) is 0 Å². The molecule has 0 atom stereocenters. The summed E-state index contributed by atoms with van der Waals surface area (Å²) in [6.45, 7) is 0.840. The Morgan fingerprint density at radius 1 is 1.40 bits per heavy atom. The predicted molar refractivity (Wildman–Crippen MR) is 71.9 cm³/mol. The van der Waals surface area contributed by atoms with Crippen LogP contribution >= 0.6 is 0 Å². The molecule has 1 saturated heterocycles. The van der Waals surface area contributed by atoms with Crippen LogP contribution in [0.15, 0.2) is 28.2 Å². The molecule has 1 aliphatic rings. The molecule has 0 radical (unpaired) electrons. The number of nitrogens with zero attached hydrogens (tertiary/aromatic N) is 1. The van der Waals surface area contributed by atoms with Crippen molar-refractivity contribution in [1.29, 1.82) is 0 Å². The molecular weight excluding hydrogens is 284 g/mol. The van der Waals surface area contributed by atoms with Gasteiger partial charge in [0.15, 0.2) is 0 Å². The molecular formula is C12H18N2O5S. The minimum Gasteiger partial charge on any atom is -0.394 e. The lowest BCUT2D eigenvalue weighted by atomic mass is 10.1. The van der Waals surface area contributed by atoms with Crippen LogP contribution in [-0.4, -0.2) is 55.2 Å². The second-order valence-electron chi connectivity index (χ2n) is 4.57. The Labute approximate surface area is 117 Å². The third kappa shape index (κ3) is 3.26. The molecule has 0 saturated carbocycles. The molecule has 0 aromatic carbocycles. The van der Waals surface area contributed by atoms with Crippen molar-refractivity contribution >= 4 is 10.0 Å². The fraction of sp³-hybridized carbons (Fsp3) is 0.583. The number of aliphatic hydroxyl groups is 1. The summed E-state index contributed by atoms with van der Waals surface area (Å²) in [7, 11) is -3.75. The Hall–Kier alpha value is -1.22. The molecule has 1 fully saturated rings. The number of aliphatic hydroxyl groups excluding tert-OH is 1. The van der Waals surface area contributed by atoms with Gasteiger partial charge in [0.25, 0.3) is 0 Å². The van der Waals surface area contributed by atoms with Gasteiger partial charge in [-0.25, -0.2) is 8.42 Å². The number of sulfonamides is 1.